The van der Waals surface area contributed by atoms with E-state index in [2.05, 4.69) is 11.2 Å². The fraction of sp³-hybridized carbons (Fsp3) is 0.286. The Morgan fingerprint density at radius 2 is 2.00 bits per heavy atom. The van der Waals surface area contributed by atoms with Gasteiger partial charge in [0.1, 0.15) is 0 Å². The summed E-state index contributed by atoms with van der Waals surface area (Å²) in [5, 5.41) is 2.31. The first-order chi connectivity index (χ1) is 8.24. The van der Waals surface area contributed by atoms with Crippen LogP contribution in [-0.4, -0.2) is 11.8 Å². The van der Waals surface area contributed by atoms with Crippen molar-refractivity contribution in [2.75, 3.05) is 0 Å². The number of hydrogen-bond donors (Lipinski definition) is 1. The van der Waals surface area contributed by atoms with E-state index in [1.165, 1.54) is 0 Å². The zero-order chi connectivity index (χ0) is 12.3. The third-order valence-electron chi connectivity index (χ3n) is 2.87. The Morgan fingerprint density at radius 3 is 2.76 bits per heavy atom. The highest BCUT2D eigenvalue weighted by atomic mass is 16.2. The minimum atomic E-state index is -0.296. The largest absolute Gasteiger partial charge is 0.288 e. The van der Waals surface area contributed by atoms with Gasteiger partial charge in [-0.1, -0.05) is 12.1 Å². The molecule has 0 spiro atoms. The quantitative estimate of drug-likeness (QED) is 0.485. The summed E-state index contributed by atoms with van der Waals surface area (Å²) in [7, 11) is 0. The summed E-state index contributed by atoms with van der Waals surface area (Å²) in [6.45, 7) is 0. The van der Waals surface area contributed by atoms with E-state index in [1.54, 1.807) is 6.07 Å². The third kappa shape index (κ3) is 2.21. The molecule has 0 aliphatic carbocycles. The molecule has 1 aliphatic heterocycles. The lowest BCUT2D eigenvalue weighted by Gasteiger charge is -2.04. The topological polar surface area (TPSA) is 46.2 Å². The number of terminal acetylenes is 1. The van der Waals surface area contributed by atoms with Crippen LogP contribution in [0.15, 0.2) is 18.2 Å². The average molecular weight is 227 g/mol. The summed E-state index contributed by atoms with van der Waals surface area (Å²) in [5.41, 5.74) is 1.96. The van der Waals surface area contributed by atoms with E-state index in [9.17, 15) is 9.59 Å². The summed E-state index contributed by atoms with van der Waals surface area (Å²) < 4.78 is 0. The van der Waals surface area contributed by atoms with Crippen molar-refractivity contribution < 1.29 is 9.59 Å². The molecular weight excluding hydrogens is 214 g/mol. The van der Waals surface area contributed by atoms with Crippen LogP contribution in [0.3, 0.4) is 0 Å². The molecule has 17 heavy (non-hydrogen) atoms. The molecule has 0 saturated heterocycles. The minimum absolute atomic E-state index is 0.280. The monoisotopic (exact) mass is 227 g/mol. The highest BCUT2D eigenvalue weighted by Gasteiger charge is 2.28. The Kier molecular flexibility index (Phi) is 3.24. The maximum atomic E-state index is 11.6. The van der Waals surface area contributed by atoms with Crippen molar-refractivity contribution in [2.24, 2.45) is 0 Å². The van der Waals surface area contributed by atoms with Crippen LogP contribution in [0.5, 0.6) is 0 Å². The van der Waals surface area contributed by atoms with E-state index in [0.717, 1.165) is 31.2 Å². The van der Waals surface area contributed by atoms with Crippen LogP contribution < -0.4 is 5.32 Å². The zero-order valence-corrected chi connectivity index (χ0v) is 9.45. The molecule has 0 saturated carbocycles. The Morgan fingerprint density at radius 1 is 1.18 bits per heavy atom. The van der Waals surface area contributed by atoms with Gasteiger partial charge in [-0.15, -0.1) is 12.3 Å². The predicted molar refractivity (Wildman–Crippen MR) is 64.6 cm³/mol. The first-order valence-electron chi connectivity index (χ1n) is 5.65. The molecule has 1 aromatic carbocycles. The van der Waals surface area contributed by atoms with Crippen molar-refractivity contribution >= 4 is 11.8 Å². The molecule has 0 unspecified atom stereocenters. The van der Waals surface area contributed by atoms with Gasteiger partial charge in [-0.3, -0.25) is 14.9 Å². The number of aryl methyl sites for hydroxylation is 1. The summed E-state index contributed by atoms with van der Waals surface area (Å²) in [5.74, 6) is 2.01. The van der Waals surface area contributed by atoms with E-state index in [1.807, 2.05) is 12.1 Å². The summed E-state index contributed by atoms with van der Waals surface area (Å²) >= 11 is 0. The lowest BCUT2D eigenvalue weighted by Crippen LogP contribution is -2.20. The SMILES string of the molecule is C#CCCCCc1cccc2c1C(=O)NC2=O. The Bertz CT molecular complexity index is 511. The van der Waals surface area contributed by atoms with E-state index in [-0.39, 0.29) is 11.8 Å². The molecule has 86 valence electrons. The molecule has 1 N–H and O–H groups in total. The average Bonchev–Trinajstić information content (AvgIpc) is 2.62. The van der Waals surface area contributed by atoms with Crippen molar-refractivity contribution in [3.05, 3.63) is 34.9 Å². The van der Waals surface area contributed by atoms with Crippen LogP contribution in [-0.2, 0) is 6.42 Å². The first-order valence-corrected chi connectivity index (χ1v) is 5.65. The van der Waals surface area contributed by atoms with Gasteiger partial charge in [0.2, 0.25) is 0 Å². The molecule has 2 amide bonds. The standard InChI is InChI=1S/C14H13NO2/c1-2-3-4-5-7-10-8-6-9-11-12(10)14(17)15-13(11)16/h1,6,8-9H,3-5,7H2,(H,15,16,17). The lowest BCUT2D eigenvalue weighted by atomic mass is 9.98. The molecule has 3 nitrogen and oxygen atoms in total. The second kappa shape index (κ2) is 4.84. The number of benzene rings is 1. The second-order valence-corrected chi connectivity index (χ2v) is 4.03. The summed E-state index contributed by atoms with van der Waals surface area (Å²) in [4.78, 5) is 23.1. The molecule has 0 aromatic heterocycles. The van der Waals surface area contributed by atoms with Crippen molar-refractivity contribution in [2.45, 2.75) is 25.7 Å². The molecule has 0 fully saturated rings. The predicted octanol–water partition coefficient (Wildman–Crippen LogP) is 1.92. The molecule has 1 aliphatic rings. The van der Waals surface area contributed by atoms with Gasteiger partial charge in [0.25, 0.3) is 11.8 Å². The van der Waals surface area contributed by atoms with Gasteiger partial charge < -0.3 is 0 Å². The normalized spacial score (nSPS) is 13.1. The number of amides is 2. The second-order valence-electron chi connectivity index (χ2n) is 4.03. The van der Waals surface area contributed by atoms with Gasteiger partial charge in [-0.25, -0.2) is 0 Å². The molecular formula is C14H13NO2. The third-order valence-corrected chi connectivity index (χ3v) is 2.87. The highest BCUT2D eigenvalue weighted by molar-refractivity contribution is 6.22. The molecule has 0 bridgehead atoms. The van der Waals surface area contributed by atoms with Crippen LogP contribution in [0.4, 0.5) is 0 Å². The smallest absolute Gasteiger partial charge is 0.259 e. The fourth-order valence-corrected chi connectivity index (χ4v) is 2.04. The fourth-order valence-electron chi connectivity index (χ4n) is 2.04. The van der Waals surface area contributed by atoms with E-state index >= 15 is 0 Å². The Labute approximate surface area is 100 Å². The van der Waals surface area contributed by atoms with E-state index in [0.29, 0.717) is 11.1 Å². The molecule has 1 heterocycles. The number of hydrogen-bond acceptors (Lipinski definition) is 2. The van der Waals surface area contributed by atoms with Gasteiger partial charge in [0.15, 0.2) is 0 Å². The van der Waals surface area contributed by atoms with Gasteiger partial charge >= 0.3 is 0 Å². The number of imide groups is 1. The van der Waals surface area contributed by atoms with Crippen LogP contribution in [0, 0.1) is 12.3 Å². The van der Waals surface area contributed by atoms with Crippen molar-refractivity contribution in [1.29, 1.82) is 0 Å². The van der Waals surface area contributed by atoms with Crippen LogP contribution in [0.1, 0.15) is 45.5 Å². The van der Waals surface area contributed by atoms with Crippen LogP contribution in [0.25, 0.3) is 0 Å². The van der Waals surface area contributed by atoms with E-state index < -0.39 is 0 Å². The number of carbonyl (C=O) groups excluding carboxylic acids is 2. The first kappa shape index (κ1) is 11.4. The van der Waals surface area contributed by atoms with Crippen molar-refractivity contribution in [1.82, 2.24) is 5.32 Å². The molecule has 1 aromatic rings. The highest BCUT2D eigenvalue weighted by Crippen LogP contribution is 2.21. The number of unbranched alkanes of at least 4 members (excludes halogenated alkanes) is 2. The number of rotatable bonds is 4. The van der Waals surface area contributed by atoms with Crippen molar-refractivity contribution in [3.8, 4) is 12.3 Å². The molecule has 0 radical (unpaired) electrons. The number of carbonyl (C=O) groups is 2. The molecule has 3 heteroatoms. The van der Waals surface area contributed by atoms with Crippen molar-refractivity contribution in [3.63, 3.8) is 0 Å². The Balaban J connectivity index is 2.17. The number of nitrogens with one attached hydrogen (secondary N) is 1. The molecule has 2 rings (SSSR count). The van der Waals surface area contributed by atoms with Gasteiger partial charge in [0.05, 0.1) is 11.1 Å². The van der Waals surface area contributed by atoms with E-state index in [4.69, 9.17) is 6.42 Å². The van der Waals surface area contributed by atoms with Gasteiger partial charge in [-0.2, -0.15) is 0 Å². The van der Waals surface area contributed by atoms with Crippen LogP contribution >= 0.6 is 0 Å². The maximum absolute atomic E-state index is 11.6. The summed E-state index contributed by atoms with van der Waals surface area (Å²) in [6, 6.07) is 5.39. The maximum Gasteiger partial charge on any atom is 0.259 e. The van der Waals surface area contributed by atoms with Crippen LogP contribution in [0.2, 0.25) is 0 Å². The number of fused-ring (bicyclic) bond motifs is 1. The van der Waals surface area contributed by atoms with Gasteiger partial charge in [0, 0.05) is 6.42 Å². The Hall–Kier alpha value is -2.08. The minimum Gasteiger partial charge on any atom is -0.288 e. The molecule has 0 atom stereocenters. The van der Waals surface area contributed by atoms with Gasteiger partial charge in [-0.05, 0) is 30.9 Å². The lowest BCUT2D eigenvalue weighted by molar-refractivity contribution is 0.0879. The summed E-state index contributed by atoms with van der Waals surface area (Å²) in [6.07, 6.45) is 8.59. The zero-order valence-electron chi connectivity index (χ0n) is 9.45.